The molecule has 2 nitrogen and oxygen atoms in total. The van der Waals surface area contributed by atoms with Crippen LogP contribution < -0.4 is 0 Å². The molecule has 0 unspecified atom stereocenters. The molecule has 0 saturated carbocycles. The van der Waals surface area contributed by atoms with Crippen LogP contribution >= 0.6 is 27.3 Å². The number of hydrogen-bond acceptors (Lipinski definition) is 3. The van der Waals surface area contributed by atoms with E-state index in [9.17, 15) is 18.0 Å². The van der Waals surface area contributed by atoms with Gasteiger partial charge in [0.05, 0.1) is 0 Å². The maximum atomic E-state index is 12.6. The van der Waals surface area contributed by atoms with Crippen molar-refractivity contribution in [2.24, 2.45) is 0 Å². The number of aldehydes is 1. The van der Waals surface area contributed by atoms with E-state index < -0.39 is 11.9 Å². The Morgan fingerprint density at radius 3 is 2.28 bits per heavy atom. The molecule has 1 aromatic carbocycles. The number of hydrogen-bond donors (Lipinski definition) is 0. The Balaban J connectivity index is 2.42. The lowest BCUT2D eigenvalue weighted by atomic mass is 10.1. The molecule has 0 bridgehead atoms. The van der Waals surface area contributed by atoms with E-state index in [1.807, 2.05) is 0 Å². The van der Waals surface area contributed by atoms with Crippen molar-refractivity contribution in [2.45, 2.75) is 6.18 Å². The highest BCUT2D eigenvalue weighted by Gasteiger charge is 2.37. The van der Waals surface area contributed by atoms with Crippen LogP contribution in [0.3, 0.4) is 0 Å². The van der Waals surface area contributed by atoms with Crippen LogP contribution in [-0.2, 0) is 6.18 Å². The first kappa shape index (κ1) is 13.2. The second-order valence-corrected chi connectivity index (χ2v) is 5.70. The fourth-order valence-corrected chi connectivity index (χ4v) is 2.90. The molecule has 0 aliphatic heterocycles. The molecule has 0 saturated heterocycles. The summed E-state index contributed by atoms with van der Waals surface area (Å²) >= 11 is 3.76. The predicted molar refractivity (Wildman–Crippen MR) is 65.6 cm³/mol. The van der Waals surface area contributed by atoms with E-state index in [1.165, 1.54) is 12.1 Å². The topological polar surface area (TPSA) is 30.0 Å². The molecule has 0 N–H and O–H groups in total. The lowest BCUT2D eigenvalue weighted by Gasteiger charge is -2.01. The number of carbonyl (C=O) groups is 1. The molecule has 0 fully saturated rings. The fraction of sp³-hybridized carbons (Fsp3) is 0.0909. The molecule has 7 heteroatoms. The molecule has 1 aromatic heterocycles. The average Bonchev–Trinajstić information content (AvgIpc) is 2.71. The standard InChI is InChI=1S/C11H5BrF3NOS/c12-9-8(11(13,14)15)16-10(18-9)7-3-1-6(5-17)2-4-7/h1-5H. The van der Waals surface area contributed by atoms with Crippen molar-refractivity contribution < 1.29 is 18.0 Å². The molecule has 18 heavy (non-hydrogen) atoms. The van der Waals surface area contributed by atoms with Crippen LogP contribution in [0, 0.1) is 0 Å². The number of thiazole rings is 1. The Hall–Kier alpha value is -1.21. The molecule has 0 radical (unpaired) electrons. The molecule has 2 rings (SSSR count). The van der Waals surface area contributed by atoms with Gasteiger partial charge in [0.2, 0.25) is 0 Å². The zero-order valence-corrected chi connectivity index (χ0v) is 11.1. The maximum absolute atomic E-state index is 12.6. The minimum absolute atomic E-state index is 0.0514. The van der Waals surface area contributed by atoms with Crippen LogP contribution in [0.25, 0.3) is 10.6 Å². The van der Waals surface area contributed by atoms with Crippen LogP contribution in [-0.4, -0.2) is 11.3 Å². The minimum Gasteiger partial charge on any atom is -0.298 e. The van der Waals surface area contributed by atoms with Crippen molar-refractivity contribution in [1.29, 1.82) is 0 Å². The minimum atomic E-state index is -4.48. The van der Waals surface area contributed by atoms with Gasteiger partial charge in [0.15, 0.2) is 5.69 Å². The quantitative estimate of drug-likeness (QED) is 0.761. The third-order valence-corrected chi connectivity index (χ3v) is 3.90. The van der Waals surface area contributed by atoms with Gasteiger partial charge < -0.3 is 0 Å². The first-order chi connectivity index (χ1) is 8.41. The van der Waals surface area contributed by atoms with Crippen molar-refractivity contribution in [3.05, 3.63) is 39.3 Å². The lowest BCUT2D eigenvalue weighted by Crippen LogP contribution is -2.05. The molecule has 94 valence electrons. The van der Waals surface area contributed by atoms with Gasteiger partial charge in [-0.15, -0.1) is 11.3 Å². The summed E-state index contributed by atoms with van der Waals surface area (Å²) in [5.41, 5.74) is 0.0779. The Labute approximate surface area is 113 Å². The lowest BCUT2D eigenvalue weighted by molar-refractivity contribution is -0.141. The largest absolute Gasteiger partial charge is 0.435 e. The summed E-state index contributed by atoms with van der Waals surface area (Å²) in [7, 11) is 0. The Kier molecular flexibility index (Phi) is 3.54. The molecular weight excluding hydrogens is 331 g/mol. The molecule has 0 spiro atoms. The van der Waals surface area contributed by atoms with E-state index in [2.05, 4.69) is 20.9 Å². The summed E-state index contributed by atoms with van der Waals surface area (Å²) in [6, 6.07) is 6.19. The second-order valence-electron chi connectivity index (χ2n) is 3.38. The number of alkyl halides is 3. The summed E-state index contributed by atoms with van der Waals surface area (Å²) in [5.74, 6) is 0. The van der Waals surface area contributed by atoms with Crippen LogP contribution in [0.15, 0.2) is 28.1 Å². The van der Waals surface area contributed by atoms with Crippen molar-refractivity contribution in [2.75, 3.05) is 0 Å². The predicted octanol–water partition coefficient (Wildman–Crippen LogP) is 4.40. The first-order valence-electron chi connectivity index (χ1n) is 4.71. The normalized spacial score (nSPS) is 11.6. The number of benzene rings is 1. The summed E-state index contributed by atoms with van der Waals surface area (Å²) in [6.45, 7) is 0. The molecule has 0 aliphatic rings. The highest BCUT2D eigenvalue weighted by Crippen LogP contribution is 2.40. The van der Waals surface area contributed by atoms with Gasteiger partial charge in [0.1, 0.15) is 15.1 Å². The van der Waals surface area contributed by atoms with E-state index >= 15 is 0 Å². The molecule has 0 atom stereocenters. The molecular formula is C11H5BrF3NOS. The first-order valence-corrected chi connectivity index (χ1v) is 6.32. The Morgan fingerprint density at radius 2 is 1.83 bits per heavy atom. The van der Waals surface area contributed by atoms with Gasteiger partial charge in [-0.25, -0.2) is 4.98 Å². The van der Waals surface area contributed by atoms with Gasteiger partial charge in [0.25, 0.3) is 0 Å². The van der Waals surface area contributed by atoms with Crippen molar-refractivity contribution in [3.8, 4) is 10.6 Å². The van der Waals surface area contributed by atoms with Crippen LogP contribution in [0.5, 0.6) is 0 Å². The van der Waals surface area contributed by atoms with Gasteiger partial charge in [0, 0.05) is 11.1 Å². The van der Waals surface area contributed by atoms with Crippen molar-refractivity contribution >= 4 is 33.6 Å². The van der Waals surface area contributed by atoms with Crippen LogP contribution in [0.1, 0.15) is 16.1 Å². The smallest absolute Gasteiger partial charge is 0.298 e. The third kappa shape index (κ3) is 2.62. The van der Waals surface area contributed by atoms with E-state index in [4.69, 9.17) is 0 Å². The number of carbonyl (C=O) groups excluding carboxylic acids is 1. The molecule has 0 aliphatic carbocycles. The Morgan fingerprint density at radius 1 is 1.22 bits per heavy atom. The van der Waals surface area contributed by atoms with E-state index in [0.29, 0.717) is 17.4 Å². The summed E-state index contributed by atoms with van der Waals surface area (Å²) in [5, 5.41) is 0.256. The Bertz CT molecular complexity index is 577. The fourth-order valence-electron chi connectivity index (χ4n) is 1.30. The monoisotopic (exact) mass is 335 g/mol. The molecule has 2 aromatic rings. The van der Waals surface area contributed by atoms with Crippen LogP contribution in [0.4, 0.5) is 13.2 Å². The van der Waals surface area contributed by atoms with E-state index in [-0.39, 0.29) is 8.79 Å². The van der Waals surface area contributed by atoms with Crippen molar-refractivity contribution in [1.82, 2.24) is 4.98 Å². The SMILES string of the molecule is O=Cc1ccc(-c2nc(C(F)(F)F)c(Br)s2)cc1. The van der Waals surface area contributed by atoms with E-state index in [0.717, 1.165) is 11.3 Å². The summed E-state index contributed by atoms with van der Waals surface area (Å²) < 4.78 is 37.6. The van der Waals surface area contributed by atoms with Gasteiger partial charge in [-0.3, -0.25) is 4.79 Å². The van der Waals surface area contributed by atoms with Crippen molar-refractivity contribution in [3.63, 3.8) is 0 Å². The maximum Gasteiger partial charge on any atom is 0.435 e. The van der Waals surface area contributed by atoms with Gasteiger partial charge in [-0.05, 0) is 15.9 Å². The highest BCUT2D eigenvalue weighted by atomic mass is 79.9. The number of halogens is 4. The summed E-state index contributed by atoms with van der Waals surface area (Å²) in [6.07, 6.45) is -3.81. The number of nitrogens with zero attached hydrogens (tertiary/aromatic N) is 1. The molecule has 0 amide bonds. The second kappa shape index (κ2) is 4.81. The van der Waals surface area contributed by atoms with Gasteiger partial charge in [-0.1, -0.05) is 24.3 Å². The van der Waals surface area contributed by atoms with Gasteiger partial charge >= 0.3 is 6.18 Å². The van der Waals surface area contributed by atoms with Gasteiger partial charge in [-0.2, -0.15) is 13.2 Å². The molecule has 1 heterocycles. The number of rotatable bonds is 2. The average molecular weight is 336 g/mol. The zero-order valence-electron chi connectivity index (χ0n) is 8.66. The van der Waals surface area contributed by atoms with Crippen LogP contribution in [0.2, 0.25) is 0 Å². The van der Waals surface area contributed by atoms with E-state index in [1.54, 1.807) is 12.1 Å². The highest BCUT2D eigenvalue weighted by molar-refractivity contribution is 9.11. The number of aromatic nitrogens is 1. The zero-order chi connectivity index (χ0) is 13.3. The summed E-state index contributed by atoms with van der Waals surface area (Å²) in [4.78, 5) is 14.0. The third-order valence-electron chi connectivity index (χ3n) is 2.15.